The minimum Gasteiger partial charge on any atom is -0.547 e. The molecule has 0 aromatic carbocycles. The van der Waals surface area contributed by atoms with Gasteiger partial charge >= 0.3 is 29.6 Å². The van der Waals surface area contributed by atoms with Gasteiger partial charge in [0.1, 0.15) is 11.7 Å². The Morgan fingerprint density at radius 2 is 1.83 bits per heavy atom. The Morgan fingerprint density at radius 3 is 2.26 bits per heavy atom. The van der Waals surface area contributed by atoms with Crippen molar-refractivity contribution >= 4 is 11.7 Å². The summed E-state index contributed by atoms with van der Waals surface area (Å²) in [5.74, 6) is -4.35. The molecule has 1 heterocycles. The molecule has 0 aromatic rings. The number of carbonyl (C=O) groups is 1. The molecule has 2 aliphatic rings. The molecule has 10 heteroatoms. The number of aliphatic hydroxyl groups is 1. The standard InChI is InChI=1S/C13H21NO8.Na/c1-11(19-3)12(2,20-4)22-9-7(14-18)5-13(17,10(15)16)6-8(9)21-11;/h8-9,17-18H,5-6H2,1-4H3,(H,15,16);/q;+1/p-1/b14-7-;/t8-,9-,11+,12+,13+;/m1./s1. The van der Waals surface area contributed by atoms with Gasteiger partial charge in [-0.15, -0.1) is 0 Å². The smallest absolute Gasteiger partial charge is 0.547 e. The van der Waals surface area contributed by atoms with Gasteiger partial charge in [-0.3, -0.25) is 0 Å². The van der Waals surface area contributed by atoms with Crippen LogP contribution in [-0.2, 0) is 23.7 Å². The summed E-state index contributed by atoms with van der Waals surface area (Å²) in [6.45, 7) is 3.15. The van der Waals surface area contributed by atoms with Crippen molar-refractivity contribution in [1.29, 1.82) is 0 Å². The Labute approximate surface area is 155 Å². The molecule has 0 radical (unpaired) electrons. The Kier molecular flexibility index (Phi) is 6.26. The Hall–Kier alpha value is -0.260. The number of aliphatic carboxylic acids is 1. The second kappa shape index (κ2) is 6.93. The molecule has 23 heavy (non-hydrogen) atoms. The topological polar surface area (TPSA) is 130 Å². The van der Waals surface area contributed by atoms with Gasteiger partial charge in [-0.25, -0.2) is 0 Å². The van der Waals surface area contributed by atoms with Crippen LogP contribution in [0.4, 0.5) is 0 Å². The van der Waals surface area contributed by atoms with Gasteiger partial charge in [-0.05, 0) is 13.8 Å². The SMILES string of the molecule is CO[C@@]1(C)O[C@@H]2/C(=N\O)C[C@@](O)(C(=O)[O-])C[C@H]2O[C@]1(C)OC.[Na+]. The van der Waals surface area contributed by atoms with Crippen molar-refractivity contribution in [2.24, 2.45) is 5.16 Å². The van der Waals surface area contributed by atoms with Gasteiger partial charge in [0.25, 0.3) is 0 Å². The first-order valence-corrected chi connectivity index (χ1v) is 6.75. The predicted molar refractivity (Wildman–Crippen MR) is 69.0 cm³/mol. The van der Waals surface area contributed by atoms with E-state index in [0.717, 1.165) is 0 Å². The molecule has 0 aromatic heterocycles. The molecule has 0 bridgehead atoms. The molecule has 9 nitrogen and oxygen atoms in total. The first kappa shape index (κ1) is 20.8. The van der Waals surface area contributed by atoms with Crippen molar-refractivity contribution < 1.29 is 68.7 Å². The van der Waals surface area contributed by atoms with Gasteiger partial charge in [0.2, 0.25) is 11.6 Å². The van der Waals surface area contributed by atoms with Crippen LogP contribution in [0.1, 0.15) is 26.7 Å². The van der Waals surface area contributed by atoms with E-state index in [1.807, 2.05) is 0 Å². The monoisotopic (exact) mass is 341 g/mol. The van der Waals surface area contributed by atoms with Crippen molar-refractivity contribution in [3.05, 3.63) is 0 Å². The van der Waals surface area contributed by atoms with Crippen LogP contribution in [0, 0.1) is 0 Å². The number of hydrogen-bond acceptors (Lipinski definition) is 9. The van der Waals surface area contributed by atoms with E-state index < -0.39 is 41.8 Å². The molecule has 0 unspecified atom stereocenters. The number of carboxylic acids is 1. The normalized spacial score (nSPS) is 45.2. The van der Waals surface area contributed by atoms with Crippen LogP contribution in [0.25, 0.3) is 0 Å². The fourth-order valence-corrected chi connectivity index (χ4v) is 2.83. The maximum atomic E-state index is 11.2. The summed E-state index contributed by atoms with van der Waals surface area (Å²) < 4.78 is 22.3. The number of hydrogen-bond donors (Lipinski definition) is 2. The zero-order valence-electron chi connectivity index (χ0n) is 13.9. The third-order valence-electron chi connectivity index (χ3n) is 4.52. The third-order valence-corrected chi connectivity index (χ3v) is 4.52. The fourth-order valence-electron chi connectivity index (χ4n) is 2.83. The van der Waals surface area contributed by atoms with Crippen LogP contribution in [0.3, 0.4) is 0 Å². The predicted octanol–water partition coefficient (Wildman–Crippen LogP) is -4.40. The van der Waals surface area contributed by atoms with Crippen LogP contribution in [0.15, 0.2) is 5.16 Å². The first-order chi connectivity index (χ1) is 10.1. The second-order valence-electron chi connectivity index (χ2n) is 5.79. The summed E-state index contributed by atoms with van der Waals surface area (Å²) in [5.41, 5.74) is -2.27. The summed E-state index contributed by atoms with van der Waals surface area (Å²) in [5, 5.41) is 33.5. The molecule has 1 aliphatic heterocycles. The molecular weight excluding hydrogens is 321 g/mol. The van der Waals surface area contributed by atoms with Gasteiger partial charge in [-0.2, -0.15) is 0 Å². The van der Waals surface area contributed by atoms with Crippen molar-refractivity contribution in [2.45, 2.75) is 56.1 Å². The van der Waals surface area contributed by atoms with E-state index in [9.17, 15) is 15.0 Å². The zero-order valence-corrected chi connectivity index (χ0v) is 15.9. The number of ether oxygens (including phenoxy) is 4. The molecule has 2 rings (SSSR count). The van der Waals surface area contributed by atoms with Gasteiger partial charge in [-0.1, -0.05) is 5.16 Å². The zero-order chi connectivity index (χ0) is 16.8. The molecule has 1 saturated heterocycles. The quantitative estimate of drug-likeness (QED) is 0.299. The first-order valence-electron chi connectivity index (χ1n) is 6.75. The summed E-state index contributed by atoms with van der Waals surface area (Å²) in [6.07, 6.45) is -2.51. The fraction of sp³-hybridized carbons (Fsp3) is 0.846. The van der Waals surface area contributed by atoms with Gasteiger partial charge in [0, 0.05) is 27.1 Å². The van der Waals surface area contributed by atoms with Crippen molar-refractivity contribution in [1.82, 2.24) is 0 Å². The van der Waals surface area contributed by atoms with Crippen molar-refractivity contribution in [3.8, 4) is 0 Å². The van der Waals surface area contributed by atoms with Crippen LogP contribution in [-0.4, -0.2) is 65.6 Å². The van der Waals surface area contributed by atoms with Crippen molar-refractivity contribution in [2.75, 3.05) is 14.2 Å². The minimum atomic E-state index is -2.21. The average molecular weight is 341 g/mol. The Balaban J connectivity index is 0.00000264. The number of rotatable bonds is 3. The maximum absolute atomic E-state index is 11.2. The Morgan fingerprint density at radius 1 is 1.30 bits per heavy atom. The number of methoxy groups -OCH3 is 2. The third kappa shape index (κ3) is 3.29. The molecule has 126 valence electrons. The van der Waals surface area contributed by atoms with E-state index >= 15 is 0 Å². The molecule has 1 aliphatic carbocycles. The van der Waals surface area contributed by atoms with E-state index in [1.165, 1.54) is 14.2 Å². The molecular formula is C13H20NNaO8. The van der Waals surface area contributed by atoms with Gasteiger partial charge < -0.3 is 39.2 Å². The van der Waals surface area contributed by atoms with Crippen LogP contribution in [0.2, 0.25) is 0 Å². The van der Waals surface area contributed by atoms with Crippen LogP contribution in [0.5, 0.6) is 0 Å². The maximum Gasteiger partial charge on any atom is 1.00 e. The van der Waals surface area contributed by atoms with Crippen molar-refractivity contribution in [3.63, 3.8) is 0 Å². The molecule has 0 spiro atoms. The number of fused-ring (bicyclic) bond motifs is 1. The molecule has 0 amide bonds. The molecule has 1 saturated carbocycles. The molecule has 5 atom stereocenters. The summed E-state index contributed by atoms with van der Waals surface area (Å²) in [7, 11) is 2.78. The summed E-state index contributed by atoms with van der Waals surface area (Å²) in [4.78, 5) is 11.2. The Bertz CT molecular complexity index is 502. The minimum absolute atomic E-state index is 0. The molecule has 2 fully saturated rings. The summed E-state index contributed by atoms with van der Waals surface area (Å²) in [6, 6.07) is 0. The van der Waals surface area contributed by atoms with Gasteiger partial charge in [0.05, 0.1) is 17.8 Å². The van der Waals surface area contributed by atoms with E-state index in [0.29, 0.717) is 0 Å². The second-order valence-corrected chi connectivity index (χ2v) is 5.79. The molecule has 2 N–H and O–H groups in total. The summed E-state index contributed by atoms with van der Waals surface area (Å²) >= 11 is 0. The largest absolute Gasteiger partial charge is 1.00 e. The van der Waals surface area contributed by atoms with E-state index in [-0.39, 0.29) is 41.7 Å². The number of carbonyl (C=O) groups excluding carboxylic acids is 1. The number of carboxylic acid groups (broad SMARTS) is 1. The van der Waals surface area contributed by atoms with E-state index in [1.54, 1.807) is 13.8 Å². The number of oxime groups is 1. The van der Waals surface area contributed by atoms with Crippen LogP contribution >= 0.6 is 0 Å². The number of nitrogens with zero attached hydrogens (tertiary/aromatic N) is 1. The van der Waals surface area contributed by atoms with E-state index in [2.05, 4.69) is 5.16 Å². The van der Waals surface area contributed by atoms with E-state index in [4.69, 9.17) is 24.2 Å². The van der Waals surface area contributed by atoms with Crippen LogP contribution < -0.4 is 34.7 Å². The van der Waals surface area contributed by atoms with Gasteiger partial charge in [0.15, 0.2) is 0 Å². The average Bonchev–Trinajstić information content (AvgIpc) is 2.48.